The lowest BCUT2D eigenvalue weighted by Crippen LogP contribution is -1.99. The van der Waals surface area contributed by atoms with Gasteiger partial charge in [-0.15, -0.1) is 10.2 Å². The third-order valence-electron chi connectivity index (χ3n) is 2.83. The molecular weight excluding hydrogens is 349 g/mol. The lowest BCUT2D eigenvalue weighted by atomic mass is 10.0. The minimum absolute atomic E-state index is 0.859. The van der Waals surface area contributed by atoms with Gasteiger partial charge in [-0.05, 0) is 33.4 Å². The molecule has 0 saturated carbocycles. The smallest absolute Gasteiger partial charge is 0.129 e. The van der Waals surface area contributed by atoms with Crippen molar-refractivity contribution in [3.8, 4) is 22.4 Å². The Morgan fingerprint density at radius 3 is 1.89 bits per heavy atom. The van der Waals surface area contributed by atoms with Crippen LogP contribution in [-0.4, -0.2) is 15.4 Å². The molecule has 0 fully saturated rings. The van der Waals surface area contributed by atoms with Gasteiger partial charge in [0.05, 0.1) is 0 Å². The van der Waals surface area contributed by atoms with E-state index in [4.69, 9.17) is 0 Å². The Kier molecular flexibility index (Phi) is 3.50. The Labute approximate surface area is 124 Å². The monoisotopic (exact) mass is 359 g/mol. The van der Waals surface area contributed by atoms with Crippen LogP contribution in [0, 0.1) is 3.70 Å². The van der Waals surface area contributed by atoms with E-state index in [1.54, 1.807) is 0 Å². The fourth-order valence-corrected chi connectivity index (χ4v) is 2.63. The fraction of sp³-hybridized carbons (Fsp3) is 0. The SMILES string of the molecule is Ic1nnnc(-c2ccccc2)c1-c1ccccc1. The minimum Gasteiger partial charge on any atom is -0.129 e. The molecule has 3 rings (SSSR count). The van der Waals surface area contributed by atoms with Crippen molar-refractivity contribution in [3.63, 3.8) is 0 Å². The third-order valence-corrected chi connectivity index (χ3v) is 3.59. The molecule has 2 aromatic carbocycles. The predicted octanol–water partition coefficient (Wildman–Crippen LogP) is 3.81. The molecule has 0 radical (unpaired) electrons. The summed E-state index contributed by atoms with van der Waals surface area (Å²) in [5.74, 6) is 0. The maximum atomic E-state index is 4.22. The molecule has 0 atom stereocenters. The van der Waals surface area contributed by atoms with Crippen LogP contribution in [-0.2, 0) is 0 Å². The van der Waals surface area contributed by atoms with Gasteiger partial charge >= 0.3 is 0 Å². The van der Waals surface area contributed by atoms with E-state index in [2.05, 4.69) is 50.1 Å². The predicted molar refractivity (Wildman–Crippen MR) is 83.4 cm³/mol. The molecule has 0 unspecified atom stereocenters. The van der Waals surface area contributed by atoms with Crippen LogP contribution in [0.25, 0.3) is 22.4 Å². The van der Waals surface area contributed by atoms with Crippen LogP contribution in [0.5, 0.6) is 0 Å². The van der Waals surface area contributed by atoms with Gasteiger partial charge in [-0.2, -0.15) is 0 Å². The first-order valence-corrected chi connectivity index (χ1v) is 6.94. The lowest BCUT2D eigenvalue weighted by Gasteiger charge is -2.09. The van der Waals surface area contributed by atoms with Crippen molar-refractivity contribution in [2.75, 3.05) is 0 Å². The van der Waals surface area contributed by atoms with Crippen LogP contribution in [0.15, 0.2) is 60.7 Å². The van der Waals surface area contributed by atoms with Crippen LogP contribution in [0.2, 0.25) is 0 Å². The molecule has 0 spiro atoms. The maximum Gasteiger partial charge on any atom is 0.135 e. The molecular formula is C15H10IN3. The molecule has 3 aromatic rings. The normalized spacial score (nSPS) is 10.4. The standard InChI is InChI=1S/C15H10IN3/c16-15-13(11-7-3-1-4-8-11)14(17-19-18-15)12-9-5-2-6-10-12/h1-10H. The van der Waals surface area contributed by atoms with E-state index < -0.39 is 0 Å². The summed E-state index contributed by atoms with van der Waals surface area (Å²) in [6.45, 7) is 0. The summed E-state index contributed by atoms with van der Waals surface area (Å²) < 4.78 is 0.859. The number of benzene rings is 2. The molecule has 4 heteroatoms. The average Bonchev–Trinajstić information content (AvgIpc) is 2.49. The van der Waals surface area contributed by atoms with Crippen molar-refractivity contribution in [2.24, 2.45) is 0 Å². The second-order valence-corrected chi connectivity index (χ2v) is 5.06. The molecule has 0 aliphatic rings. The summed E-state index contributed by atoms with van der Waals surface area (Å²) in [5.41, 5.74) is 4.05. The van der Waals surface area contributed by atoms with Crippen molar-refractivity contribution in [2.45, 2.75) is 0 Å². The number of halogens is 1. The van der Waals surface area contributed by atoms with Crippen molar-refractivity contribution in [1.29, 1.82) is 0 Å². The van der Waals surface area contributed by atoms with E-state index in [0.29, 0.717) is 0 Å². The number of aromatic nitrogens is 3. The van der Waals surface area contributed by atoms with Gasteiger partial charge in [-0.3, -0.25) is 0 Å². The van der Waals surface area contributed by atoms with E-state index in [-0.39, 0.29) is 0 Å². The van der Waals surface area contributed by atoms with E-state index >= 15 is 0 Å². The van der Waals surface area contributed by atoms with Gasteiger partial charge in [-0.1, -0.05) is 60.7 Å². The van der Waals surface area contributed by atoms with E-state index in [1.807, 2.05) is 48.5 Å². The van der Waals surface area contributed by atoms with Gasteiger partial charge < -0.3 is 0 Å². The average molecular weight is 359 g/mol. The van der Waals surface area contributed by atoms with Crippen LogP contribution >= 0.6 is 22.6 Å². The highest BCUT2D eigenvalue weighted by molar-refractivity contribution is 14.1. The second kappa shape index (κ2) is 5.44. The zero-order valence-corrected chi connectivity index (χ0v) is 12.2. The van der Waals surface area contributed by atoms with Gasteiger partial charge in [0, 0.05) is 11.1 Å². The van der Waals surface area contributed by atoms with Crippen molar-refractivity contribution in [3.05, 3.63) is 64.4 Å². The topological polar surface area (TPSA) is 38.7 Å². The fourth-order valence-electron chi connectivity index (χ4n) is 1.96. The molecule has 1 heterocycles. The van der Waals surface area contributed by atoms with E-state index in [9.17, 15) is 0 Å². The van der Waals surface area contributed by atoms with Gasteiger partial charge in [0.2, 0.25) is 0 Å². The van der Waals surface area contributed by atoms with Crippen molar-refractivity contribution >= 4 is 22.6 Å². The molecule has 1 aromatic heterocycles. The number of hydrogen-bond donors (Lipinski definition) is 0. The van der Waals surface area contributed by atoms with Crippen LogP contribution in [0.1, 0.15) is 0 Å². The van der Waals surface area contributed by atoms with Crippen molar-refractivity contribution < 1.29 is 0 Å². The van der Waals surface area contributed by atoms with Gasteiger partial charge in [-0.25, -0.2) is 0 Å². The maximum absolute atomic E-state index is 4.22. The molecule has 0 saturated heterocycles. The van der Waals surface area contributed by atoms with E-state index in [0.717, 1.165) is 26.1 Å². The minimum atomic E-state index is 0.859. The number of nitrogens with zero attached hydrogens (tertiary/aromatic N) is 3. The molecule has 3 nitrogen and oxygen atoms in total. The Bertz CT molecular complexity index is 684. The second-order valence-electron chi connectivity index (χ2n) is 4.04. The Morgan fingerprint density at radius 1 is 0.684 bits per heavy atom. The summed E-state index contributed by atoms with van der Waals surface area (Å²) in [6, 6.07) is 20.2. The van der Waals surface area contributed by atoms with Gasteiger partial charge in [0.15, 0.2) is 0 Å². The molecule has 0 aliphatic carbocycles. The first-order chi connectivity index (χ1) is 9.36. The van der Waals surface area contributed by atoms with Crippen LogP contribution < -0.4 is 0 Å². The number of rotatable bonds is 2. The molecule has 0 N–H and O–H groups in total. The van der Waals surface area contributed by atoms with Crippen molar-refractivity contribution in [1.82, 2.24) is 15.4 Å². The molecule has 0 amide bonds. The Morgan fingerprint density at radius 2 is 1.26 bits per heavy atom. The third kappa shape index (κ3) is 2.49. The highest BCUT2D eigenvalue weighted by Gasteiger charge is 2.13. The highest BCUT2D eigenvalue weighted by Crippen LogP contribution is 2.32. The molecule has 0 aliphatic heterocycles. The summed E-state index contributed by atoms with van der Waals surface area (Å²) in [6.07, 6.45) is 0. The van der Waals surface area contributed by atoms with Crippen LogP contribution in [0.4, 0.5) is 0 Å². The summed E-state index contributed by atoms with van der Waals surface area (Å²) >= 11 is 2.20. The van der Waals surface area contributed by atoms with Gasteiger partial charge in [0.25, 0.3) is 0 Å². The first-order valence-electron chi connectivity index (χ1n) is 5.86. The first kappa shape index (κ1) is 12.2. The Hall–Kier alpha value is -1.82. The Balaban J connectivity index is 2.25. The largest absolute Gasteiger partial charge is 0.135 e. The summed E-state index contributed by atoms with van der Waals surface area (Å²) in [7, 11) is 0. The lowest BCUT2D eigenvalue weighted by molar-refractivity contribution is 0.856. The van der Waals surface area contributed by atoms with Gasteiger partial charge in [0.1, 0.15) is 9.39 Å². The van der Waals surface area contributed by atoms with E-state index in [1.165, 1.54) is 0 Å². The molecule has 92 valence electrons. The quantitative estimate of drug-likeness (QED) is 0.654. The molecule has 0 bridgehead atoms. The highest BCUT2D eigenvalue weighted by atomic mass is 127. The van der Waals surface area contributed by atoms with Crippen LogP contribution in [0.3, 0.4) is 0 Å². The zero-order chi connectivity index (χ0) is 13.1. The number of hydrogen-bond acceptors (Lipinski definition) is 3. The summed E-state index contributed by atoms with van der Waals surface area (Å²) in [4.78, 5) is 0. The molecule has 19 heavy (non-hydrogen) atoms. The zero-order valence-electron chi connectivity index (χ0n) is 9.99. The summed E-state index contributed by atoms with van der Waals surface area (Å²) in [5, 5.41) is 12.1.